The summed E-state index contributed by atoms with van der Waals surface area (Å²) in [6.45, 7) is 1.95. The Labute approximate surface area is 122 Å². The predicted octanol–water partition coefficient (Wildman–Crippen LogP) is 1.08. The second kappa shape index (κ2) is 6.39. The number of rotatable bonds is 5. The van der Waals surface area contributed by atoms with Crippen molar-refractivity contribution in [1.82, 2.24) is 5.32 Å². The number of hydrogen-bond acceptors (Lipinski definition) is 3. The number of carbonyl (C=O) groups is 3. The molecule has 1 aliphatic heterocycles. The van der Waals surface area contributed by atoms with Crippen LogP contribution in [0.5, 0.6) is 0 Å². The van der Waals surface area contributed by atoms with Crippen molar-refractivity contribution in [2.24, 2.45) is 0 Å². The molecule has 0 aromatic heterocycles. The predicted molar refractivity (Wildman–Crippen MR) is 76.9 cm³/mol. The van der Waals surface area contributed by atoms with Crippen molar-refractivity contribution in [1.29, 1.82) is 0 Å². The number of anilines is 1. The smallest absolute Gasteiger partial charge is 0.305 e. The van der Waals surface area contributed by atoms with Crippen LogP contribution in [0.1, 0.15) is 24.8 Å². The maximum atomic E-state index is 12.6. The summed E-state index contributed by atoms with van der Waals surface area (Å²) in [5.74, 6) is -1.36. The molecule has 2 amide bonds. The van der Waals surface area contributed by atoms with Crippen LogP contribution in [0, 0.1) is 6.92 Å². The molecule has 112 valence electrons. The third-order valence-corrected chi connectivity index (χ3v) is 3.51. The Bertz CT molecular complexity index is 571. The molecular formula is C15H18N2O4. The van der Waals surface area contributed by atoms with Gasteiger partial charge in [0.25, 0.3) is 0 Å². The van der Waals surface area contributed by atoms with Gasteiger partial charge in [-0.05, 0) is 25.0 Å². The number of aliphatic carboxylic acids is 1. The Kier molecular flexibility index (Phi) is 4.57. The Hall–Kier alpha value is -2.37. The SMILES string of the molecule is Cc1ccccc1N(CCC(=O)O)C(=O)C1CCC(=O)N1. The van der Waals surface area contributed by atoms with E-state index < -0.39 is 12.0 Å². The van der Waals surface area contributed by atoms with Crippen LogP contribution < -0.4 is 10.2 Å². The molecule has 2 rings (SSSR count). The van der Waals surface area contributed by atoms with Gasteiger partial charge in [-0.15, -0.1) is 0 Å². The van der Waals surface area contributed by atoms with Crippen LogP contribution >= 0.6 is 0 Å². The van der Waals surface area contributed by atoms with Gasteiger partial charge < -0.3 is 15.3 Å². The summed E-state index contributed by atoms with van der Waals surface area (Å²) in [5.41, 5.74) is 1.57. The minimum Gasteiger partial charge on any atom is -0.481 e. The Morgan fingerprint density at radius 1 is 1.38 bits per heavy atom. The lowest BCUT2D eigenvalue weighted by Gasteiger charge is -2.26. The quantitative estimate of drug-likeness (QED) is 0.849. The van der Waals surface area contributed by atoms with Gasteiger partial charge in [0.05, 0.1) is 6.42 Å². The zero-order valence-electron chi connectivity index (χ0n) is 11.8. The summed E-state index contributed by atoms with van der Waals surface area (Å²) < 4.78 is 0. The molecule has 1 saturated heterocycles. The number of nitrogens with one attached hydrogen (secondary N) is 1. The van der Waals surface area contributed by atoms with Crippen LogP contribution in [0.3, 0.4) is 0 Å². The fraction of sp³-hybridized carbons (Fsp3) is 0.400. The summed E-state index contributed by atoms with van der Waals surface area (Å²) >= 11 is 0. The molecule has 0 aliphatic carbocycles. The Morgan fingerprint density at radius 2 is 2.10 bits per heavy atom. The molecule has 0 spiro atoms. The van der Waals surface area contributed by atoms with Crippen molar-refractivity contribution < 1.29 is 19.5 Å². The molecule has 21 heavy (non-hydrogen) atoms. The minimum absolute atomic E-state index is 0.0887. The number of carboxylic acids is 1. The van der Waals surface area contributed by atoms with Crippen molar-refractivity contribution in [2.45, 2.75) is 32.2 Å². The van der Waals surface area contributed by atoms with Crippen LogP contribution in [0.2, 0.25) is 0 Å². The van der Waals surface area contributed by atoms with Crippen molar-refractivity contribution in [3.63, 3.8) is 0 Å². The normalized spacial score (nSPS) is 17.4. The minimum atomic E-state index is -0.961. The highest BCUT2D eigenvalue weighted by Crippen LogP contribution is 2.22. The molecule has 2 N–H and O–H groups in total. The molecule has 6 nitrogen and oxygen atoms in total. The van der Waals surface area contributed by atoms with Gasteiger partial charge in [-0.25, -0.2) is 0 Å². The fourth-order valence-electron chi connectivity index (χ4n) is 2.41. The molecule has 6 heteroatoms. The van der Waals surface area contributed by atoms with Crippen LogP contribution in [0.25, 0.3) is 0 Å². The molecule has 0 bridgehead atoms. The van der Waals surface area contributed by atoms with Gasteiger partial charge in [0.2, 0.25) is 11.8 Å². The highest BCUT2D eigenvalue weighted by molar-refractivity contribution is 6.01. The highest BCUT2D eigenvalue weighted by atomic mass is 16.4. The fourth-order valence-corrected chi connectivity index (χ4v) is 2.41. The first-order valence-electron chi connectivity index (χ1n) is 6.87. The second-order valence-electron chi connectivity index (χ2n) is 5.08. The lowest BCUT2D eigenvalue weighted by Crippen LogP contribution is -2.45. The monoisotopic (exact) mass is 290 g/mol. The van der Waals surface area contributed by atoms with E-state index in [1.807, 2.05) is 19.1 Å². The van der Waals surface area contributed by atoms with Gasteiger partial charge in [0.1, 0.15) is 6.04 Å². The van der Waals surface area contributed by atoms with Crippen LogP contribution in [-0.4, -0.2) is 35.5 Å². The van der Waals surface area contributed by atoms with Crippen molar-refractivity contribution >= 4 is 23.5 Å². The lowest BCUT2D eigenvalue weighted by molar-refractivity contribution is -0.136. The molecule has 1 atom stereocenters. The molecule has 0 radical (unpaired) electrons. The van der Waals surface area contributed by atoms with E-state index in [2.05, 4.69) is 5.32 Å². The number of benzene rings is 1. The van der Waals surface area contributed by atoms with E-state index >= 15 is 0 Å². The number of hydrogen-bond donors (Lipinski definition) is 2. The number of carboxylic acid groups (broad SMARTS) is 1. The molecule has 1 aromatic rings. The third kappa shape index (κ3) is 3.59. The summed E-state index contributed by atoms with van der Waals surface area (Å²) in [4.78, 5) is 36.1. The van der Waals surface area contributed by atoms with E-state index in [0.29, 0.717) is 18.5 Å². The van der Waals surface area contributed by atoms with Gasteiger partial charge in [0.15, 0.2) is 0 Å². The van der Waals surface area contributed by atoms with Gasteiger partial charge >= 0.3 is 5.97 Å². The second-order valence-corrected chi connectivity index (χ2v) is 5.08. The van der Waals surface area contributed by atoms with Crippen molar-refractivity contribution in [2.75, 3.05) is 11.4 Å². The van der Waals surface area contributed by atoms with Gasteiger partial charge in [-0.3, -0.25) is 14.4 Å². The molecule has 1 unspecified atom stereocenters. The Balaban J connectivity index is 2.23. The number of aryl methyl sites for hydroxylation is 1. The lowest BCUT2D eigenvalue weighted by atomic mass is 10.1. The average Bonchev–Trinajstić information content (AvgIpc) is 2.87. The van der Waals surface area contributed by atoms with Gasteiger partial charge in [-0.1, -0.05) is 18.2 Å². The summed E-state index contributed by atoms with van der Waals surface area (Å²) in [5, 5.41) is 11.5. The molecule has 1 aromatic carbocycles. The van der Waals surface area contributed by atoms with E-state index in [0.717, 1.165) is 5.56 Å². The first-order chi connectivity index (χ1) is 9.99. The van der Waals surface area contributed by atoms with E-state index in [1.165, 1.54) is 4.90 Å². The summed E-state index contributed by atoms with van der Waals surface area (Å²) in [6, 6.07) is 6.74. The van der Waals surface area contributed by atoms with Crippen LogP contribution in [0.15, 0.2) is 24.3 Å². The molecule has 1 fully saturated rings. The maximum Gasteiger partial charge on any atom is 0.305 e. The van der Waals surface area contributed by atoms with E-state index in [1.54, 1.807) is 12.1 Å². The Morgan fingerprint density at radius 3 is 2.67 bits per heavy atom. The van der Waals surface area contributed by atoms with Crippen molar-refractivity contribution in [3.8, 4) is 0 Å². The molecule has 1 aliphatic rings. The largest absolute Gasteiger partial charge is 0.481 e. The van der Waals surface area contributed by atoms with E-state index in [9.17, 15) is 14.4 Å². The number of nitrogens with zero attached hydrogens (tertiary/aromatic N) is 1. The maximum absolute atomic E-state index is 12.6. The number of carbonyl (C=O) groups excluding carboxylic acids is 2. The topological polar surface area (TPSA) is 86.7 Å². The number of para-hydroxylation sites is 1. The van der Waals surface area contributed by atoms with Gasteiger partial charge in [0, 0.05) is 18.7 Å². The van der Waals surface area contributed by atoms with Crippen LogP contribution in [0.4, 0.5) is 5.69 Å². The summed E-state index contributed by atoms with van der Waals surface area (Å²) in [7, 11) is 0. The van der Waals surface area contributed by atoms with E-state index in [4.69, 9.17) is 5.11 Å². The van der Waals surface area contributed by atoms with Crippen molar-refractivity contribution in [3.05, 3.63) is 29.8 Å². The first kappa shape index (κ1) is 15.0. The zero-order valence-corrected chi connectivity index (χ0v) is 11.8. The standard InChI is InChI=1S/C15H18N2O4/c1-10-4-2-3-5-12(10)17(9-8-14(19)20)15(21)11-6-7-13(18)16-11/h2-5,11H,6-9H2,1H3,(H,16,18)(H,19,20). The average molecular weight is 290 g/mol. The zero-order chi connectivity index (χ0) is 15.4. The first-order valence-corrected chi connectivity index (χ1v) is 6.87. The van der Waals surface area contributed by atoms with E-state index in [-0.39, 0.29) is 24.8 Å². The summed E-state index contributed by atoms with van der Waals surface area (Å²) in [6.07, 6.45) is 0.644. The number of amides is 2. The molecule has 1 heterocycles. The molecule has 0 saturated carbocycles. The highest BCUT2D eigenvalue weighted by Gasteiger charge is 2.31. The van der Waals surface area contributed by atoms with Crippen LogP contribution in [-0.2, 0) is 14.4 Å². The third-order valence-electron chi connectivity index (χ3n) is 3.51. The molecular weight excluding hydrogens is 272 g/mol. The van der Waals surface area contributed by atoms with Gasteiger partial charge in [-0.2, -0.15) is 0 Å².